The molecule has 0 rings (SSSR count). The van der Waals surface area contributed by atoms with E-state index in [0.29, 0.717) is 6.04 Å². The van der Waals surface area contributed by atoms with Crippen LogP contribution in [0.1, 0.15) is 29.1 Å². The molecule has 0 heterocycles. The average Bonchev–Trinajstić information content (AvgIpc) is 1.88. The molecule has 9 heavy (non-hydrogen) atoms. The van der Waals surface area contributed by atoms with E-state index in [0.717, 1.165) is 13.1 Å². The molecule has 1 atom stereocenters. The summed E-state index contributed by atoms with van der Waals surface area (Å²) in [6, 6.07) is 0.292. The standard InChI is InChI=1S/C5H14N2.C2H6.H2/c1-3-7-4-5(2)6;1-2;/h5,7H,3-4,6H2,1-2H3;1-2H3;1H. The van der Waals surface area contributed by atoms with Crippen LogP contribution in [0.15, 0.2) is 0 Å². The van der Waals surface area contributed by atoms with Crippen molar-refractivity contribution in [2.45, 2.75) is 33.7 Å². The highest BCUT2D eigenvalue weighted by Crippen LogP contribution is 1.66. The summed E-state index contributed by atoms with van der Waals surface area (Å²) >= 11 is 0. The first kappa shape index (κ1) is 11.7. The molecule has 0 fully saturated rings. The molecule has 60 valence electrons. The van der Waals surface area contributed by atoms with Gasteiger partial charge in [0.1, 0.15) is 0 Å². The Labute approximate surface area is 60.3 Å². The molecule has 0 spiro atoms. The molecule has 0 bridgehead atoms. The molecule has 2 heteroatoms. The normalized spacial score (nSPS) is 11.7. The van der Waals surface area contributed by atoms with Crippen LogP contribution in [-0.2, 0) is 0 Å². The van der Waals surface area contributed by atoms with Crippen LogP contribution in [0, 0.1) is 0 Å². The van der Waals surface area contributed by atoms with Crippen LogP contribution in [-0.4, -0.2) is 19.1 Å². The van der Waals surface area contributed by atoms with Gasteiger partial charge in [-0.3, -0.25) is 0 Å². The molecule has 1 unspecified atom stereocenters. The van der Waals surface area contributed by atoms with Gasteiger partial charge in [-0.05, 0) is 13.5 Å². The van der Waals surface area contributed by atoms with Crippen molar-refractivity contribution in [3.63, 3.8) is 0 Å². The summed E-state index contributed by atoms with van der Waals surface area (Å²) in [4.78, 5) is 0. The number of hydrogen-bond donors (Lipinski definition) is 2. The molecule has 0 aliphatic rings. The summed E-state index contributed by atoms with van der Waals surface area (Å²) in [5.41, 5.74) is 5.42. The molecule has 0 aromatic rings. The summed E-state index contributed by atoms with van der Waals surface area (Å²) in [6.45, 7) is 10.0. The maximum atomic E-state index is 5.42. The summed E-state index contributed by atoms with van der Waals surface area (Å²) in [5.74, 6) is 0. The average molecular weight is 134 g/mol. The van der Waals surface area contributed by atoms with E-state index in [9.17, 15) is 0 Å². The molecule has 0 saturated carbocycles. The zero-order chi connectivity index (χ0) is 7.70. The number of rotatable bonds is 3. The molecule has 2 nitrogen and oxygen atoms in total. The SMILES string of the molecule is CC.CCNCC(C)N.[HH]. The quantitative estimate of drug-likeness (QED) is 0.609. The first-order chi connectivity index (χ1) is 4.27. The van der Waals surface area contributed by atoms with E-state index in [-0.39, 0.29) is 1.43 Å². The third-order valence-electron chi connectivity index (χ3n) is 0.716. The number of likely N-dealkylation sites (N-methyl/N-ethyl adjacent to an activating group) is 1. The van der Waals surface area contributed by atoms with E-state index < -0.39 is 0 Å². The minimum atomic E-state index is 0. The van der Waals surface area contributed by atoms with Gasteiger partial charge in [-0.2, -0.15) is 0 Å². The van der Waals surface area contributed by atoms with Crippen LogP contribution >= 0.6 is 0 Å². The van der Waals surface area contributed by atoms with Crippen LogP contribution in [0.5, 0.6) is 0 Å². The van der Waals surface area contributed by atoms with Crippen molar-refractivity contribution in [3.05, 3.63) is 0 Å². The Balaban J connectivity index is -0.000000149. The molecule has 0 aromatic carbocycles. The second kappa shape index (κ2) is 10.8. The highest BCUT2D eigenvalue weighted by Gasteiger charge is 1.86. The molecule has 0 aliphatic carbocycles. The Morgan fingerprint density at radius 1 is 1.56 bits per heavy atom. The maximum Gasteiger partial charge on any atom is 0.0136 e. The Hall–Kier alpha value is -0.0800. The molecule has 0 amide bonds. The molecule has 0 saturated heterocycles. The summed E-state index contributed by atoms with van der Waals surface area (Å²) < 4.78 is 0. The van der Waals surface area contributed by atoms with E-state index >= 15 is 0 Å². The predicted octanol–water partition coefficient (Wildman–Crippen LogP) is 1.22. The van der Waals surface area contributed by atoms with Gasteiger partial charge in [0.2, 0.25) is 0 Å². The lowest BCUT2D eigenvalue weighted by atomic mass is 10.4. The number of nitrogens with one attached hydrogen (secondary N) is 1. The minimum Gasteiger partial charge on any atom is -0.327 e. The van der Waals surface area contributed by atoms with Crippen molar-refractivity contribution < 1.29 is 1.43 Å². The van der Waals surface area contributed by atoms with Crippen molar-refractivity contribution in [2.75, 3.05) is 13.1 Å². The fourth-order valence-electron chi connectivity index (χ4n) is 0.372. The van der Waals surface area contributed by atoms with Crippen molar-refractivity contribution >= 4 is 0 Å². The van der Waals surface area contributed by atoms with E-state index in [1.165, 1.54) is 0 Å². The van der Waals surface area contributed by atoms with Crippen LogP contribution in [0.2, 0.25) is 0 Å². The van der Waals surface area contributed by atoms with Crippen molar-refractivity contribution in [2.24, 2.45) is 5.73 Å². The fourth-order valence-corrected chi connectivity index (χ4v) is 0.372. The summed E-state index contributed by atoms with van der Waals surface area (Å²) in [7, 11) is 0. The van der Waals surface area contributed by atoms with E-state index in [4.69, 9.17) is 5.73 Å². The van der Waals surface area contributed by atoms with Crippen molar-refractivity contribution in [1.82, 2.24) is 5.32 Å². The Bertz CT molecular complexity index is 40.6. The van der Waals surface area contributed by atoms with Gasteiger partial charge in [0.15, 0.2) is 0 Å². The highest BCUT2D eigenvalue weighted by atomic mass is 14.9. The van der Waals surface area contributed by atoms with Gasteiger partial charge < -0.3 is 11.1 Å². The third-order valence-corrected chi connectivity index (χ3v) is 0.716. The summed E-state index contributed by atoms with van der Waals surface area (Å²) in [6.07, 6.45) is 0. The molecule has 0 aliphatic heterocycles. The van der Waals surface area contributed by atoms with Gasteiger partial charge >= 0.3 is 0 Å². The molecule has 0 aromatic heterocycles. The second-order valence-electron chi connectivity index (χ2n) is 1.78. The molecule has 0 radical (unpaired) electrons. The minimum absolute atomic E-state index is 0. The second-order valence-corrected chi connectivity index (χ2v) is 1.78. The smallest absolute Gasteiger partial charge is 0.0136 e. The van der Waals surface area contributed by atoms with Gasteiger partial charge in [0.25, 0.3) is 0 Å². The zero-order valence-electron chi connectivity index (χ0n) is 7.07. The van der Waals surface area contributed by atoms with E-state index in [1.54, 1.807) is 0 Å². The monoisotopic (exact) mass is 134 g/mol. The first-order valence-corrected chi connectivity index (χ1v) is 3.73. The predicted molar refractivity (Wildman–Crippen MR) is 45.7 cm³/mol. The molecular formula is C7H22N2. The van der Waals surface area contributed by atoms with Crippen LogP contribution in [0.4, 0.5) is 0 Å². The Morgan fingerprint density at radius 2 is 2.00 bits per heavy atom. The lowest BCUT2D eigenvalue weighted by Gasteiger charge is -2.02. The van der Waals surface area contributed by atoms with Gasteiger partial charge in [-0.1, -0.05) is 20.8 Å². The first-order valence-electron chi connectivity index (χ1n) is 3.73. The van der Waals surface area contributed by atoms with E-state index in [1.807, 2.05) is 20.8 Å². The van der Waals surface area contributed by atoms with Gasteiger partial charge in [0, 0.05) is 14.0 Å². The lowest BCUT2D eigenvalue weighted by molar-refractivity contribution is 0.627. The van der Waals surface area contributed by atoms with Gasteiger partial charge in [-0.25, -0.2) is 0 Å². The third kappa shape index (κ3) is 18.1. The fraction of sp³-hybridized carbons (Fsp3) is 1.00. The van der Waals surface area contributed by atoms with Crippen LogP contribution in [0.3, 0.4) is 0 Å². The largest absolute Gasteiger partial charge is 0.327 e. The van der Waals surface area contributed by atoms with Crippen molar-refractivity contribution in [1.29, 1.82) is 0 Å². The number of hydrogen-bond acceptors (Lipinski definition) is 2. The Kier molecular flexibility index (Phi) is 14.0. The lowest BCUT2D eigenvalue weighted by Crippen LogP contribution is -2.30. The zero-order valence-corrected chi connectivity index (χ0v) is 7.07. The summed E-state index contributed by atoms with van der Waals surface area (Å²) in [5, 5.41) is 3.12. The number of nitrogens with two attached hydrogens (primary N) is 1. The topological polar surface area (TPSA) is 38.0 Å². The Morgan fingerprint density at radius 3 is 2.11 bits per heavy atom. The highest BCUT2D eigenvalue weighted by molar-refractivity contribution is 4.54. The van der Waals surface area contributed by atoms with Crippen molar-refractivity contribution in [3.8, 4) is 0 Å². The van der Waals surface area contributed by atoms with E-state index in [2.05, 4.69) is 12.2 Å². The van der Waals surface area contributed by atoms with Crippen LogP contribution in [0.25, 0.3) is 0 Å². The maximum absolute atomic E-state index is 5.42. The van der Waals surface area contributed by atoms with Gasteiger partial charge in [0.05, 0.1) is 0 Å². The molecular weight excluding hydrogens is 112 g/mol. The van der Waals surface area contributed by atoms with Gasteiger partial charge in [-0.15, -0.1) is 0 Å². The molecule has 3 N–H and O–H groups in total. The van der Waals surface area contributed by atoms with Crippen LogP contribution < -0.4 is 11.1 Å².